The molecule has 0 saturated heterocycles. The summed E-state index contributed by atoms with van der Waals surface area (Å²) in [6.07, 6.45) is 3.99. The van der Waals surface area contributed by atoms with Gasteiger partial charge >= 0.3 is 0 Å². The maximum absolute atomic E-state index is 3.81. The van der Waals surface area contributed by atoms with Crippen LogP contribution in [-0.4, -0.2) is 7.05 Å². The van der Waals surface area contributed by atoms with Gasteiger partial charge in [0.15, 0.2) is 0 Å². The fraction of sp³-hybridized carbons (Fsp3) is 0.231. The number of anilines is 1. The Labute approximate surface area is 86.4 Å². The molecule has 74 valence electrons. The molecule has 0 unspecified atom stereocenters. The molecule has 0 spiro atoms. The zero-order valence-corrected chi connectivity index (χ0v) is 9.12. The van der Waals surface area contributed by atoms with Crippen molar-refractivity contribution in [3.05, 3.63) is 48.2 Å². The molecule has 0 N–H and O–H groups in total. The summed E-state index contributed by atoms with van der Waals surface area (Å²) in [6, 6.07) is 8.22. The van der Waals surface area contributed by atoms with Crippen molar-refractivity contribution in [3.63, 3.8) is 0 Å². The third-order valence-electron chi connectivity index (χ3n) is 1.99. The van der Waals surface area contributed by atoms with Crippen molar-refractivity contribution in [2.45, 2.75) is 13.8 Å². The first-order chi connectivity index (χ1) is 6.65. The fourth-order valence-corrected chi connectivity index (χ4v) is 1.44. The highest BCUT2D eigenvalue weighted by atomic mass is 15.1. The molecule has 0 heterocycles. The molecule has 0 bridgehead atoms. The smallest absolute Gasteiger partial charge is 0.0476 e. The molecule has 0 atom stereocenters. The van der Waals surface area contributed by atoms with Gasteiger partial charge in [0.1, 0.15) is 0 Å². The molecule has 0 fully saturated rings. The second-order valence-electron chi connectivity index (χ2n) is 3.58. The summed E-state index contributed by atoms with van der Waals surface area (Å²) >= 11 is 0. The van der Waals surface area contributed by atoms with E-state index in [2.05, 4.69) is 50.7 Å². The summed E-state index contributed by atoms with van der Waals surface area (Å²) in [7, 11) is 2.05. The molecule has 0 aliphatic heterocycles. The third kappa shape index (κ3) is 2.49. The van der Waals surface area contributed by atoms with Crippen LogP contribution in [0.2, 0.25) is 0 Å². The topological polar surface area (TPSA) is 3.24 Å². The van der Waals surface area contributed by atoms with Gasteiger partial charge in [-0.3, -0.25) is 0 Å². The van der Waals surface area contributed by atoms with E-state index < -0.39 is 0 Å². The van der Waals surface area contributed by atoms with Crippen molar-refractivity contribution in [1.29, 1.82) is 0 Å². The van der Waals surface area contributed by atoms with Crippen LogP contribution >= 0.6 is 0 Å². The van der Waals surface area contributed by atoms with Gasteiger partial charge in [0.2, 0.25) is 0 Å². The van der Waals surface area contributed by atoms with Crippen LogP contribution in [0, 0.1) is 0 Å². The molecular formula is C13H17N. The van der Waals surface area contributed by atoms with E-state index in [1.165, 1.54) is 11.3 Å². The number of allylic oxidation sites excluding steroid dienone is 1. The lowest BCUT2D eigenvalue weighted by atomic mass is 10.1. The molecule has 1 rings (SSSR count). The van der Waals surface area contributed by atoms with Crippen molar-refractivity contribution < 1.29 is 0 Å². The van der Waals surface area contributed by atoms with Crippen LogP contribution in [0.1, 0.15) is 19.4 Å². The Kier molecular flexibility index (Phi) is 3.52. The minimum Gasteiger partial charge on any atom is -0.351 e. The second-order valence-corrected chi connectivity index (χ2v) is 3.58. The van der Waals surface area contributed by atoms with E-state index in [1.807, 2.05) is 18.2 Å². The van der Waals surface area contributed by atoms with Crippen molar-refractivity contribution in [3.8, 4) is 0 Å². The Balaban J connectivity index is 3.05. The molecule has 1 aromatic rings. The van der Waals surface area contributed by atoms with Crippen LogP contribution in [0.25, 0.3) is 6.08 Å². The SMILES string of the molecule is C=Cc1ccccc1N(C)C=C(C)C. The van der Waals surface area contributed by atoms with Gasteiger partial charge in [-0.1, -0.05) is 36.4 Å². The number of rotatable bonds is 3. The van der Waals surface area contributed by atoms with Gasteiger partial charge in [-0.25, -0.2) is 0 Å². The lowest BCUT2D eigenvalue weighted by Crippen LogP contribution is -2.09. The highest BCUT2D eigenvalue weighted by Gasteiger charge is 2.00. The molecule has 0 amide bonds. The molecule has 14 heavy (non-hydrogen) atoms. The summed E-state index contributed by atoms with van der Waals surface area (Å²) in [5.41, 5.74) is 3.63. The number of hydrogen-bond acceptors (Lipinski definition) is 1. The predicted octanol–water partition coefficient (Wildman–Crippen LogP) is 3.69. The van der Waals surface area contributed by atoms with Crippen LogP contribution in [0.15, 0.2) is 42.6 Å². The Morgan fingerprint density at radius 2 is 1.93 bits per heavy atom. The van der Waals surface area contributed by atoms with Gasteiger partial charge in [0.05, 0.1) is 0 Å². The molecule has 1 nitrogen and oxygen atoms in total. The Morgan fingerprint density at radius 1 is 1.29 bits per heavy atom. The maximum atomic E-state index is 3.81. The summed E-state index contributed by atoms with van der Waals surface area (Å²) in [6.45, 7) is 7.99. The number of nitrogens with zero attached hydrogens (tertiary/aromatic N) is 1. The standard InChI is InChI=1S/C13H17N/c1-5-12-8-6-7-9-13(12)14(4)10-11(2)3/h5-10H,1H2,2-4H3. The van der Waals surface area contributed by atoms with E-state index in [4.69, 9.17) is 0 Å². The van der Waals surface area contributed by atoms with Gasteiger partial charge < -0.3 is 4.90 Å². The average Bonchev–Trinajstić information content (AvgIpc) is 2.16. The highest BCUT2D eigenvalue weighted by Crippen LogP contribution is 2.20. The van der Waals surface area contributed by atoms with Gasteiger partial charge in [-0.15, -0.1) is 0 Å². The van der Waals surface area contributed by atoms with E-state index >= 15 is 0 Å². The first kappa shape index (κ1) is 10.6. The molecule has 0 aliphatic rings. The van der Waals surface area contributed by atoms with Gasteiger partial charge in [0, 0.05) is 18.9 Å². The first-order valence-electron chi connectivity index (χ1n) is 4.74. The van der Waals surface area contributed by atoms with E-state index in [-0.39, 0.29) is 0 Å². The Hall–Kier alpha value is -1.50. The van der Waals surface area contributed by atoms with Crippen LogP contribution in [0.4, 0.5) is 5.69 Å². The van der Waals surface area contributed by atoms with E-state index in [0.29, 0.717) is 0 Å². The zero-order valence-electron chi connectivity index (χ0n) is 9.12. The number of hydrogen-bond donors (Lipinski definition) is 0. The first-order valence-corrected chi connectivity index (χ1v) is 4.74. The quantitative estimate of drug-likeness (QED) is 0.697. The summed E-state index contributed by atoms with van der Waals surface area (Å²) < 4.78 is 0. The molecular weight excluding hydrogens is 170 g/mol. The number of benzene rings is 1. The lowest BCUT2D eigenvalue weighted by Gasteiger charge is -2.17. The predicted molar refractivity (Wildman–Crippen MR) is 64.4 cm³/mol. The van der Waals surface area contributed by atoms with Crippen LogP contribution in [0.5, 0.6) is 0 Å². The minimum atomic E-state index is 1.16. The lowest BCUT2D eigenvalue weighted by molar-refractivity contribution is 1.16. The zero-order chi connectivity index (χ0) is 10.6. The monoisotopic (exact) mass is 187 g/mol. The fourth-order valence-electron chi connectivity index (χ4n) is 1.44. The molecule has 0 radical (unpaired) electrons. The van der Waals surface area contributed by atoms with Crippen molar-refractivity contribution in [1.82, 2.24) is 0 Å². The van der Waals surface area contributed by atoms with Crippen molar-refractivity contribution in [2.24, 2.45) is 0 Å². The van der Waals surface area contributed by atoms with Gasteiger partial charge in [-0.2, -0.15) is 0 Å². The van der Waals surface area contributed by atoms with Crippen molar-refractivity contribution >= 4 is 11.8 Å². The highest BCUT2D eigenvalue weighted by molar-refractivity contribution is 5.67. The molecule has 1 aromatic carbocycles. The van der Waals surface area contributed by atoms with Crippen molar-refractivity contribution in [2.75, 3.05) is 11.9 Å². The average molecular weight is 187 g/mol. The molecule has 0 saturated carbocycles. The molecule has 0 aromatic heterocycles. The normalized spacial score (nSPS) is 9.36. The van der Waals surface area contributed by atoms with Gasteiger partial charge in [-0.05, 0) is 25.5 Å². The largest absolute Gasteiger partial charge is 0.351 e. The third-order valence-corrected chi connectivity index (χ3v) is 1.99. The van der Waals surface area contributed by atoms with E-state index in [9.17, 15) is 0 Å². The van der Waals surface area contributed by atoms with E-state index in [0.717, 1.165) is 5.56 Å². The summed E-state index contributed by atoms with van der Waals surface area (Å²) in [5.74, 6) is 0. The van der Waals surface area contributed by atoms with Crippen LogP contribution in [0.3, 0.4) is 0 Å². The maximum Gasteiger partial charge on any atom is 0.0476 e. The molecule has 1 heteroatoms. The van der Waals surface area contributed by atoms with Crippen LogP contribution in [-0.2, 0) is 0 Å². The minimum absolute atomic E-state index is 1.16. The Bertz CT molecular complexity index is 346. The summed E-state index contributed by atoms with van der Waals surface area (Å²) in [5, 5.41) is 0. The Morgan fingerprint density at radius 3 is 2.50 bits per heavy atom. The number of para-hydroxylation sites is 1. The summed E-state index contributed by atoms with van der Waals surface area (Å²) in [4.78, 5) is 2.12. The molecule has 0 aliphatic carbocycles. The van der Waals surface area contributed by atoms with E-state index in [1.54, 1.807) is 0 Å². The second kappa shape index (κ2) is 4.66. The van der Waals surface area contributed by atoms with Gasteiger partial charge in [0.25, 0.3) is 0 Å². The van der Waals surface area contributed by atoms with Crippen LogP contribution < -0.4 is 4.90 Å².